The molecular weight excluding hydrogens is 512 g/mol. The summed E-state index contributed by atoms with van der Waals surface area (Å²) in [5, 5.41) is 13.1. The lowest BCUT2D eigenvalue weighted by Crippen LogP contribution is -2.47. The van der Waals surface area contributed by atoms with Gasteiger partial charge in [-0.15, -0.1) is 0 Å². The first kappa shape index (κ1) is 29.2. The molecule has 1 aliphatic rings. The molecule has 0 aliphatic carbocycles. The summed E-state index contributed by atoms with van der Waals surface area (Å²) < 4.78 is 22.9. The number of ketones is 1. The van der Waals surface area contributed by atoms with E-state index in [1.807, 2.05) is 62.4 Å². The van der Waals surface area contributed by atoms with E-state index in [-0.39, 0.29) is 25.2 Å². The van der Waals surface area contributed by atoms with Crippen molar-refractivity contribution < 1.29 is 33.6 Å². The Morgan fingerprint density at radius 3 is 2.35 bits per heavy atom. The van der Waals surface area contributed by atoms with Crippen molar-refractivity contribution in [2.45, 2.75) is 58.2 Å². The van der Waals surface area contributed by atoms with Crippen LogP contribution in [0.5, 0.6) is 17.2 Å². The molecule has 2 aromatic carbocycles. The fourth-order valence-electron chi connectivity index (χ4n) is 4.42. The Morgan fingerprint density at radius 1 is 1.02 bits per heavy atom. The maximum absolute atomic E-state index is 13.1. The van der Waals surface area contributed by atoms with Crippen LogP contribution in [0.15, 0.2) is 73.1 Å². The number of amides is 1. The maximum atomic E-state index is 13.1. The molecule has 9 heteroatoms. The van der Waals surface area contributed by atoms with Crippen LogP contribution in [-0.4, -0.2) is 47.7 Å². The summed E-state index contributed by atoms with van der Waals surface area (Å²) in [7, 11) is 1.60. The van der Waals surface area contributed by atoms with Gasteiger partial charge in [-0.2, -0.15) is 0 Å². The van der Waals surface area contributed by atoms with Crippen LogP contribution < -0.4 is 14.8 Å². The number of benzene rings is 2. The molecular formula is C31H36N2O7. The van der Waals surface area contributed by atoms with E-state index in [1.165, 1.54) is 0 Å². The summed E-state index contributed by atoms with van der Waals surface area (Å²) >= 11 is 0. The van der Waals surface area contributed by atoms with E-state index >= 15 is 0 Å². The van der Waals surface area contributed by atoms with E-state index in [2.05, 4.69) is 10.3 Å². The van der Waals surface area contributed by atoms with E-state index in [0.29, 0.717) is 24.5 Å². The van der Waals surface area contributed by atoms with Crippen LogP contribution in [0.25, 0.3) is 0 Å². The number of aliphatic hydroxyl groups is 1. The van der Waals surface area contributed by atoms with Crippen molar-refractivity contribution in [1.82, 2.24) is 10.3 Å². The van der Waals surface area contributed by atoms with Crippen molar-refractivity contribution in [3.63, 3.8) is 0 Å². The summed E-state index contributed by atoms with van der Waals surface area (Å²) in [6, 6.07) is 18.2. The lowest BCUT2D eigenvalue weighted by atomic mass is 9.82. The highest BCUT2D eigenvalue weighted by molar-refractivity contribution is 5.84. The quantitative estimate of drug-likeness (QED) is 0.334. The number of carbonyl (C=O) groups is 2. The standard InChI is InChI=1S/C31H36N2O7/c1-31(2)20-38-30(22-9-13-23(37-3)14-10-22)40-28(31)26(34)5-4-6-27(35)29(36)33-19-21-7-11-24(12-8-21)39-25-15-17-32-18-16-25/h7-18,27-28,30,35H,4-6,19-20H2,1-3H3,(H,33,36)/t27?,28-,30?/m0/s1. The van der Waals surface area contributed by atoms with Gasteiger partial charge in [0.05, 0.1) is 13.7 Å². The Hall–Kier alpha value is -3.79. The first-order valence-corrected chi connectivity index (χ1v) is 13.3. The fraction of sp³-hybridized carbons (Fsp3) is 0.387. The SMILES string of the molecule is COc1ccc(C2OCC(C)(C)[C@H](C(=O)CCCC(O)C(=O)NCc3ccc(Oc4ccncc4)cc3)O2)cc1. The van der Waals surface area contributed by atoms with Gasteiger partial charge < -0.3 is 29.4 Å². The molecule has 1 aliphatic heterocycles. The van der Waals surface area contributed by atoms with E-state index in [4.69, 9.17) is 18.9 Å². The van der Waals surface area contributed by atoms with Crippen LogP contribution >= 0.6 is 0 Å². The molecule has 212 valence electrons. The van der Waals surface area contributed by atoms with Gasteiger partial charge in [0.25, 0.3) is 0 Å². The molecule has 1 aromatic heterocycles. The molecule has 0 saturated carbocycles. The van der Waals surface area contributed by atoms with Gasteiger partial charge >= 0.3 is 0 Å². The van der Waals surface area contributed by atoms with Gasteiger partial charge in [0.15, 0.2) is 12.1 Å². The smallest absolute Gasteiger partial charge is 0.249 e. The van der Waals surface area contributed by atoms with Gasteiger partial charge in [0.1, 0.15) is 29.5 Å². The number of carbonyl (C=O) groups excluding carboxylic acids is 2. The summed E-state index contributed by atoms with van der Waals surface area (Å²) in [6.45, 7) is 4.49. The van der Waals surface area contributed by atoms with Crippen molar-refractivity contribution in [2.75, 3.05) is 13.7 Å². The normalized spacial score (nSPS) is 18.9. The second kappa shape index (κ2) is 13.5. The van der Waals surface area contributed by atoms with Crippen molar-refractivity contribution in [3.8, 4) is 17.2 Å². The lowest BCUT2D eigenvalue weighted by Gasteiger charge is -2.41. The number of hydrogen-bond donors (Lipinski definition) is 2. The molecule has 40 heavy (non-hydrogen) atoms. The van der Waals surface area contributed by atoms with Crippen LogP contribution in [0, 0.1) is 5.41 Å². The maximum Gasteiger partial charge on any atom is 0.249 e. The molecule has 2 unspecified atom stereocenters. The number of nitrogens with one attached hydrogen (secondary N) is 1. The van der Waals surface area contributed by atoms with Crippen LogP contribution in [0.1, 0.15) is 50.5 Å². The Morgan fingerprint density at radius 2 is 1.68 bits per heavy atom. The third-order valence-corrected chi connectivity index (χ3v) is 6.74. The molecule has 3 atom stereocenters. The predicted octanol–water partition coefficient (Wildman–Crippen LogP) is 4.74. The van der Waals surface area contributed by atoms with E-state index in [9.17, 15) is 14.7 Å². The average molecular weight is 549 g/mol. The highest BCUT2D eigenvalue weighted by Crippen LogP contribution is 2.38. The Kier molecular flexibility index (Phi) is 9.87. The number of methoxy groups -OCH3 is 1. The molecule has 2 heterocycles. The summed E-state index contributed by atoms with van der Waals surface area (Å²) in [4.78, 5) is 29.5. The summed E-state index contributed by atoms with van der Waals surface area (Å²) in [5.74, 6) is 1.51. The largest absolute Gasteiger partial charge is 0.497 e. The zero-order valence-corrected chi connectivity index (χ0v) is 23.0. The molecule has 1 fully saturated rings. The fourth-order valence-corrected chi connectivity index (χ4v) is 4.42. The Bertz CT molecular complexity index is 1250. The minimum Gasteiger partial charge on any atom is -0.497 e. The van der Waals surface area contributed by atoms with Crippen molar-refractivity contribution in [1.29, 1.82) is 0 Å². The highest BCUT2D eigenvalue weighted by Gasteiger charge is 2.42. The van der Waals surface area contributed by atoms with Crippen LogP contribution in [-0.2, 0) is 25.6 Å². The number of pyridine rings is 1. The predicted molar refractivity (Wildman–Crippen MR) is 148 cm³/mol. The van der Waals surface area contributed by atoms with Gasteiger partial charge in [0, 0.05) is 36.3 Å². The van der Waals surface area contributed by atoms with Crippen LogP contribution in [0.3, 0.4) is 0 Å². The molecule has 2 N–H and O–H groups in total. The third-order valence-electron chi connectivity index (χ3n) is 6.74. The number of rotatable bonds is 12. The first-order chi connectivity index (χ1) is 19.2. The monoisotopic (exact) mass is 548 g/mol. The summed E-state index contributed by atoms with van der Waals surface area (Å²) in [6.07, 6.45) is 1.49. The molecule has 0 radical (unpaired) electrons. The average Bonchev–Trinajstić information content (AvgIpc) is 2.97. The van der Waals surface area contributed by atoms with Gasteiger partial charge in [-0.3, -0.25) is 14.6 Å². The van der Waals surface area contributed by atoms with Gasteiger partial charge in [-0.05, 0) is 54.8 Å². The van der Waals surface area contributed by atoms with E-state index in [0.717, 1.165) is 16.9 Å². The second-order valence-corrected chi connectivity index (χ2v) is 10.4. The number of nitrogens with zero attached hydrogens (tertiary/aromatic N) is 1. The van der Waals surface area contributed by atoms with Crippen molar-refractivity contribution >= 4 is 11.7 Å². The highest BCUT2D eigenvalue weighted by atomic mass is 16.7. The molecule has 3 aromatic rings. The third kappa shape index (κ3) is 7.88. The molecule has 0 spiro atoms. The van der Waals surface area contributed by atoms with Crippen LogP contribution in [0.4, 0.5) is 0 Å². The molecule has 4 rings (SSSR count). The number of ether oxygens (including phenoxy) is 4. The second-order valence-electron chi connectivity index (χ2n) is 10.4. The number of Topliss-reactive ketones (excluding diaryl/α,β-unsaturated/α-hetero) is 1. The number of aromatic nitrogens is 1. The Balaban J connectivity index is 1.20. The summed E-state index contributed by atoms with van der Waals surface area (Å²) in [5.41, 5.74) is 1.16. The molecule has 1 amide bonds. The zero-order valence-electron chi connectivity index (χ0n) is 23.0. The van der Waals surface area contributed by atoms with Crippen molar-refractivity contribution in [3.05, 3.63) is 84.2 Å². The Labute approximate surface area is 234 Å². The zero-order chi connectivity index (χ0) is 28.5. The van der Waals surface area contributed by atoms with E-state index < -0.39 is 29.8 Å². The van der Waals surface area contributed by atoms with Crippen LogP contribution in [0.2, 0.25) is 0 Å². The molecule has 0 bridgehead atoms. The van der Waals surface area contributed by atoms with Gasteiger partial charge in [-0.25, -0.2) is 0 Å². The number of aliphatic hydroxyl groups excluding tert-OH is 1. The number of hydrogen-bond acceptors (Lipinski definition) is 8. The van der Waals surface area contributed by atoms with Gasteiger partial charge in [-0.1, -0.05) is 38.1 Å². The topological polar surface area (TPSA) is 116 Å². The molecule has 9 nitrogen and oxygen atoms in total. The minimum absolute atomic E-state index is 0.0755. The van der Waals surface area contributed by atoms with E-state index in [1.54, 1.807) is 31.6 Å². The van der Waals surface area contributed by atoms with Gasteiger partial charge in [0.2, 0.25) is 5.91 Å². The minimum atomic E-state index is -1.21. The van der Waals surface area contributed by atoms with Crippen molar-refractivity contribution in [2.24, 2.45) is 5.41 Å². The first-order valence-electron chi connectivity index (χ1n) is 13.3. The molecule has 1 saturated heterocycles. The lowest BCUT2D eigenvalue weighted by molar-refractivity contribution is -0.257.